The van der Waals surface area contributed by atoms with Crippen molar-refractivity contribution >= 4 is 29.2 Å². The Hall–Kier alpha value is -2.33. The number of anilines is 1. The molecule has 0 aliphatic rings. The van der Waals surface area contributed by atoms with Crippen LogP contribution < -0.4 is 5.32 Å². The largest absolute Gasteiger partial charge is 0.465 e. The Morgan fingerprint density at radius 2 is 1.71 bits per heavy atom. The highest BCUT2D eigenvalue weighted by molar-refractivity contribution is 6.32. The highest BCUT2D eigenvalue weighted by atomic mass is 35.5. The molecule has 0 unspecified atom stereocenters. The number of esters is 1. The molecular formula is C16H14ClNO3. The fraction of sp³-hybridized carbons (Fsp3) is 0.125. The molecule has 0 saturated heterocycles. The van der Waals surface area contributed by atoms with E-state index in [1.165, 1.54) is 7.11 Å². The van der Waals surface area contributed by atoms with E-state index in [2.05, 4.69) is 5.32 Å². The Morgan fingerprint density at radius 1 is 1.05 bits per heavy atom. The van der Waals surface area contributed by atoms with Crippen LogP contribution >= 0.6 is 11.6 Å². The van der Waals surface area contributed by atoms with Crippen LogP contribution in [0.25, 0.3) is 0 Å². The summed E-state index contributed by atoms with van der Waals surface area (Å²) in [6.07, 6.45) is 0. The molecule has 0 saturated carbocycles. The fourth-order valence-electron chi connectivity index (χ4n) is 1.92. The quantitative estimate of drug-likeness (QED) is 0.880. The van der Waals surface area contributed by atoms with Crippen LogP contribution in [-0.4, -0.2) is 19.0 Å². The topological polar surface area (TPSA) is 55.4 Å². The number of carbonyl (C=O) groups is 2. The van der Waals surface area contributed by atoms with Crippen molar-refractivity contribution in [2.75, 3.05) is 12.4 Å². The summed E-state index contributed by atoms with van der Waals surface area (Å²) in [5, 5.41) is 3.23. The van der Waals surface area contributed by atoms with Crippen molar-refractivity contribution in [3.63, 3.8) is 0 Å². The number of benzene rings is 2. The Balaban J connectivity index is 2.32. The van der Waals surface area contributed by atoms with Crippen molar-refractivity contribution in [2.45, 2.75) is 6.92 Å². The second-order valence-corrected chi connectivity index (χ2v) is 4.81. The van der Waals surface area contributed by atoms with E-state index in [9.17, 15) is 9.59 Å². The molecule has 108 valence electrons. The number of halogens is 1. The average molecular weight is 304 g/mol. The lowest BCUT2D eigenvalue weighted by molar-refractivity contribution is 0.0602. The van der Waals surface area contributed by atoms with Gasteiger partial charge < -0.3 is 10.1 Å². The van der Waals surface area contributed by atoms with Gasteiger partial charge in [0.15, 0.2) is 0 Å². The molecule has 1 amide bonds. The van der Waals surface area contributed by atoms with Gasteiger partial charge in [0.1, 0.15) is 0 Å². The molecule has 21 heavy (non-hydrogen) atoms. The predicted molar refractivity (Wildman–Crippen MR) is 81.9 cm³/mol. The summed E-state index contributed by atoms with van der Waals surface area (Å²) >= 11 is 6.01. The van der Waals surface area contributed by atoms with E-state index in [1.54, 1.807) is 49.4 Å². The number of methoxy groups -OCH3 is 1. The van der Waals surface area contributed by atoms with Gasteiger partial charge in [-0.1, -0.05) is 29.8 Å². The molecule has 0 aliphatic heterocycles. The molecule has 5 heteroatoms. The maximum absolute atomic E-state index is 12.3. The molecule has 0 aromatic heterocycles. The molecule has 1 N–H and O–H groups in total. The van der Waals surface area contributed by atoms with Gasteiger partial charge in [-0.25, -0.2) is 4.79 Å². The first-order valence-corrected chi connectivity index (χ1v) is 6.66. The number of ether oxygens (including phenoxy) is 1. The maximum Gasteiger partial charge on any atom is 0.339 e. The third kappa shape index (κ3) is 3.23. The SMILES string of the molecule is COC(=O)c1ccccc1NC(=O)c1cccc(Cl)c1C. The summed E-state index contributed by atoms with van der Waals surface area (Å²) in [5.74, 6) is -0.833. The highest BCUT2D eigenvalue weighted by Crippen LogP contribution is 2.21. The highest BCUT2D eigenvalue weighted by Gasteiger charge is 2.16. The van der Waals surface area contributed by atoms with Crippen molar-refractivity contribution in [3.8, 4) is 0 Å². The first-order valence-electron chi connectivity index (χ1n) is 6.28. The summed E-state index contributed by atoms with van der Waals surface area (Å²) < 4.78 is 4.70. The molecule has 0 heterocycles. The van der Waals surface area contributed by atoms with Gasteiger partial charge in [-0.05, 0) is 36.8 Å². The zero-order valence-electron chi connectivity index (χ0n) is 11.6. The van der Waals surface area contributed by atoms with Crippen molar-refractivity contribution in [1.82, 2.24) is 0 Å². The van der Waals surface area contributed by atoms with E-state index in [0.717, 1.165) is 0 Å². The predicted octanol–water partition coefficient (Wildman–Crippen LogP) is 3.69. The van der Waals surface area contributed by atoms with Gasteiger partial charge in [-0.15, -0.1) is 0 Å². The molecule has 0 bridgehead atoms. The van der Waals surface area contributed by atoms with Crippen LogP contribution in [-0.2, 0) is 4.74 Å². The average Bonchev–Trinajstić information content (AvgIpc) is 2.49. The smallest absolute Gasteiger partial charge is 0.339 e. The van der Waals surface area contributed by atoms with Crippen LogP contribution in [0.2, 0.25) is 5.02 Å². The standard InChI is InChI=1S/C16H14ClNO3/c1-10-11(7-5-8-13(10)17)15(19)18-14-9-4-3-6-12(14)16(20)21-2/h3-9H,1-2H3,(H,18,19). The second-order valence-electron chi connectivity index (χ2n) is 4.40. The molecule has 0 fully saturated rings. The van der Waals surface area contributed by atoms with E-state index >= 15 is 0 Å². The first-order chi connectivity index (χ1) is 10.0. The Morgan fingerprint density at radius 3 is 2.43 bits per heavy atom. The van der Waals surface area contributed by atoms with E-state index in [-0.39, 0.29) is 5.91 Å². The zero-order valence-corrected chi connectivity index (χ0v) is 12.4. The molecular weight excluding hydrogens is 290 g/mol. The van der Waals surface area contributed by atoms with Gasteiger partial charge in [0.2, 0.25) is 0 Å². The normalized spacial score (nSPS) is 10.0. The van der Waals surface area contributed by atoms with Crippen LogP contribution in [0.15, 0.2) is 42.5 Å². The fourth-order valence-corrected chi connectivity index (χ4v) is 2.10. The third-order valence-corrected chi connectivity index (χ3v) is 3.50. The van der Waals surface area contributed by atoms with E-state index in [1.807, 2.05) is 0 Å². The number of rotatable bonds is 3. The van der Waals surface area contributed by atoms with E-state index in [0.29, 0.717) is 27.4 Å². The van der Waals surface area contributed by atoms with Gasteiger partial charge in [0, 0.05) is 10.6 Å². The van der Waals surface area contributed by atoms with Gasteiger partial charge in [0.25, 0.3) is 5.91 Å². The molecule has 2 rings (SSSR count). The van der Waals surface area contributed by atoms with Crippen LogP contribution in [0.4, 0.5) is 5.69 Å². The van der Waals surface area contributed by atoms with Crippen molar-refractivity contribution in [2.24, 2.45) is 0 Å². The number of nitrogens with one attached hydrogen (secondary N) is 1. The molecule has 0 spiro atoms. The molecule has 0 aliphatic carbocycles. The summed E-state index contributed by atoms with van der Waals surface area (Å²) in [5.41, 5.74) is 1.84. The van der Waals surface area contributed by atoms with Gasteiger partial charge in [-0.3, -0.25) is 4.79 Å². The van der Waals surface area contributed by atoms with Gasteiger partial charge >= 0.3 is 5.97 Å². The number of para-hydroxylation sites is 1. The van der Waals surface area contributed by atoms with Crippen molar-refractivity contribution < 1.29 is 14.3 Å². The Bertz CT molecular complexity index is 698. The van der Waals surface area contributed by atoms with Crippen LogP contribution in [0.1, 0.15) is 26.3 Å². The lowest BCUT2D eigenvalue weighted by Gasteiger charge is -2.11. The Labute approximate surface area is 127 Å². The van der Waals surface area contributed by atoms with Crippen LogP contribution in [0.5, 0.6) is 0 Å². The van der Waals surface area contributed by atoms with Crippen LogP contribution in [0.3, 0.4) is 0 Å². The molecule has 2 aromatic carbocycles. The Kier molecular flexibility index (Phi) is 4.60. The monoisotopic (exact) mass is 303 g/mol. The molecule has 2 aromatic rings. The maximum atomic E-state index is 12.3. The summed E-state index contributed by atoms with van der Waals surface area (Å²) in [6, 6.07) is 11.8. The van der Waals surface area contributed by atoms with Crippen LogP contribution in [0, 0.1) is 6.92 Å². The zero-order chi connectivity index (χ0) is 15.4. The summed E-state index contributed by atoms with van der Waals surface area (Å²) in [7, 11) is 1.29. The molecule has 4 nitrogen and oxygen atoms in total. The minimum atomic E-state index is -0.506. The number of carbonyl (C=O) groups excluding carboxylic acids is 2. The van der Waals surface area contributed by atoms with E-state index < -0.39 is 5.97 Å². The first kappa shape index (κ1) is 15.1. The number of hydrogen-bond donors (Lipinski definition) is 1. The van der Waals surface area contributed by atoms with Gasteiger partial charge in [-0.2, -0.15) is 0 Å². The lowest BCUT2D eigenvalue weighted by Crippen LogP contribution is -2.16. The molecule has 0 atom stereocenters. The van der Waals surface area contributed by atoms with Gasteiger partial charge in [0.05, 0.1) is 18.4 Å². The number of hydrogen-bond acceptors (Lipinski definition) is 3. The summed E-state index contributed by atoms with van der Waals surface area (Å²) in [4.78, 5) is 24.0. The minimum Gasteiger partial charge on any atom is -0.465 e. The van der Waals surface area contributed by atoms with Crippen molar-refractivity contribution in [3.05, 3.63) is 64.2 Å². The minimum absolute atomic E-state index is 0.299. The second kappa shape index (κ2) is 6.41. The molecule has 0 radical (unpaired) electrons. The number of amides is 1. The third-order valence-electron chi connectivity index (χ3n) is 3.09. The summed E-state index contributed by atoms with van der Waals surface area (Å²) in [6.45, 7) is 1.77. The lowest BCUT2D eigenvalue weighted by atomic mass is 10.1. The van der Waals surface area contributed by atoms with E-state index in [4.69, 9.17) is 16.3 Å². The van der Waals surface area contributed by atoms with Crippen molar-refractivity contribution in [1.29, 1.82) is 0 Å².